The quantitative estimate of drug-likeness (QED) is 0.705. The van der Waals surface area contributed by atoms with Gasteiger partial charge in [-0.2, -0.15) is 0 Å². The van der Waals surface area contributed by atoms with Crippen LogP contribution in [-0.4, -0.2) is 22.4 Å². The summed E-state index contributed by atoms with van der Waals surface area (Å²) < 4.78 is 0. The minimum Gasteiger partial charge on any atom is -0.339 e. The van der Waals surface area contributed by atoms with E-state index in [1.807, 2.05) is 30.3 Å². The monoisotopic (exact) mass is 372 g/mol. The molecule has 0 bridgehead atoms. The number of nitrogens with zero attached hydrogens (tertiary/aromatic N) is 3. The van der Waals surface area contributed by atoms with Crippen LogP contribution in [0.25, 0.3) is 0 Å². The van der Waals surface area contributed by atoms with Gasteiger partial charge < -0.3 is 10.2 Å². The molecule has 3 aromatic rings. The minimum absolute atomic E-state index is 0.104. The van der Waals surface area contributed by atoms with Crippen LogP contribution in [0.4, 0.5) is 17.2 Å². The molecule has 0 saturated heterocycles. The first kappa shape index (κ1) is 18.2. The van der Waals surface area contributed by atoms with E-state index in [0.29, 0.717) is 24.0 Å². The van der Waals surface area contributed by atoms with E-state index < -0.39 is 0 Å². The molecule has 142 valence electrons. The first-order chi connectivity index (χ1) is 13.6. The number of aromatic nitrogens is 2. The summed E-state index contributed by atoms with van der Waals surface area (Å²) in [6.45, 7) is 5.05. The first-order valence-corrected chi connectivity index (χ1v) is 9.70. The third-order valence-electron chi connectivity index (χ3n) is 5.08. The number of carbonyl (C=O) groups excluding carboxylic acids is 1. The van der Waals surface area contributed by atoms with Gasteiger partial charge in [0.05, 0.1) is 12.4 Å². The fraction of sp³-hybridized carbons (Fsp3) is 0.261. The van der Waals surface area contributed by atoms with Crippen molar-refractivity contribution >= 4 is 23.1 Å². The van der Waals surface area contributed by atoms with Crippen molar-refractivity contribution in [1.82, 2.24) is 9.97 Å². The van der Waals surface area contributed by atoms with E-state index in [1.54, 1.807) is 17.3 Å². The van der Waals surface area contributed by atoms with E-state index in [1.165, 1.54) is 11.1 Å². The van der Waals surface area contributed by atoms with Crippen molar-refractivity contribution in [2.45, 2.75) is 32.6 Å². The number of amides is 1. The maximum atomic E-state index is 12.9. The second-order valence-corrected chi connectivity index (χ2v) is 7.38. The summed E-state index contributed by atoms with van der Waals surface area (Å²) >= 11 is 0. The number of anilines is 3. The summed E-state index contributed by atoms with van der Waals surface area (Å²) in [5.74, 6) is 1.01. The fourth-order valence-electron chi connectivity index (χ4n) is 3.49. The number of fused-ring (bicyclic) bond motifs is 1. The summed E-state index contributed by atoms with van der Waals surface area (Å²) in [7, 11) is 0. The summed E-state index contributed by atoms with van der Waals surface area (Å²) in [5.41, 5.74) is 4.78. The molecule has 0 aliphatic carbocycles. The van der Waals surface area contributed by atoms with Crippen molar-refractivity contribution in [3.05, 3.63) is 77.7 Å². The highest BCUT2D eigenvalue weighted by Crippen LogP contribution is 2.28. The van der Waals surface area contributed by atoms with Crippen LogP contribution in [0.5, 0.6) is 0 Å². The van der Waals surface area contributed by atoms with E-state index >= 15 is 0 Å². The third kappa shape index (κ3) is 3.74. The van der Waals surface area contributed by atoms with Crippen LogP contribution in [0.3, 0.4) is 0 Å². The highest BCUT2D eigenvalue weighted by Gasteiger charge is 2.24. The molecule has 0 atom stereocenters. The Bertz CT molecular complexity index is 965. The minimum atomic E-state index is -0.104. The Morgan fingerprint density at radius 1 is 1.04 bits per heavy atom. The number of nitrogens with one attached hydrogen (secondary N) is 1. The molecule has 0 fully saturated rings. The fourth-order valence-corrected chi connectivity index (χ4v) is 3.49. The molecule has 1 aromatic heterocycles. The van der Waals surface area contributed by atoms with Gasteiger partial charge in [0.1, 0.15) is 11.5 Å². The molecule has 1 N–H and O–H groups in total. The molecule has 4 rings (SSSR count). The maximum Gasteiger partial charge on any atom is 0.278 e. The topological polar surface area (TPSA) is 58.1 Å². The molecule has 5 nitrogen and oxygen atoms in total. The molecule has 2 aromatic carbocycles. The Balaban J connectivity index is 1.48. The number of hydrogen-bond donors (Lipinski definition) is 1. The third-order valence-corrected chi connectivity index (χ3v) is 5.08. The second kappa shape index (κ2) is 7.80. The van der Waals surface area contributed by atoms with Crippen molar-refractivity contribution in [2.75, 3.05) is 16.8 Å². The molecular formula is C23H24N4O. The van der Waals surface area contributed by atoms with Gasteiger partial charge in [-0.25, -0.2) is 9.97 Å². The Hall–Kier alpha value is -3.21. The predicted octanol–water partition coefficient (Wildman–Crippen LogP) is 4.94. The Kier molecular flexibility index (Phi) is 5.06. The van der Waals surface area contributed by atoms with Crippen molar-refractivity contribution in [2.24, 2.45) is 0 Å². The van der Waals surface area contributed by atoms with Gasteiger partial charge in [0.2, 0.25) is 0 Å². The lowest BCUT2D eigenvalue weighted by Crippen LogP contribution is -2.36. The lowest BCUT2D eigenvalue weighted by Gasteiger charge is -2.29. The molecule has 1 amide bonds. The van der Waals surface area contributed by atoms with Gasteiger partial charge >= 0.3 is 0 Å². The standard InChI is InChI=1S/C23H24N4O/c1-16(2)17-9-11-19(12-10-17)26-22-15-24-20(14-25-22)23(28)27-13-5-7-18-6-3-4-8-21(18)27/h3-4,6,8-12,14-16H,5,7,13H2,1-2H3,(H,25,26). The number of para-hydroxylation sites is 1. The number of hydrogen-bond acceptors (Lipinski definition) is 4. The lowest BCUT2D eigenvalue weighted by molar-refractivity contribution is 0.0980. The Morgan fingerprint density at radius 3 is 2.54 bits per heavy atom. The van der Waals surface area contributed by atoms with E-state index in [2.05, 4.69) is 47.3 Å². The van der Waals surface area contributed by atoms with Gasteiger partial charge in [0, 0.05) is 17.9 Å². The van der Waals surface area contributed by atoms with Crippen LogP contribution in [0.15, 0.2) is 60.9 Å². The summed E-state index contributed by atoms with van der Waals surface area (Å²) in [4.78, 5) is 23.5. The zero-order chi connectivity index (χ0) is 19.5. The predicted molar refractivity (Wildman–Crippen MR) is 112 cm³/mol. The molecule has 2 heterocycles. The molecular weight excluding hydrogens is 348 g/mol. The average Bonchev–Trinajstić information content (AvgIpc) is 2.74. The smallest absolute Gasteiger partial charge is 0.278 e. The van der Waals surface area contributed by atoms with Crippen LogP contribution in [0.1, 0.15) is 47.8 Å². The molecule has 0 radical (unpaired) electrons. The Labute approximate surface area is 165 Å². The molecule has 1 aliphatic heterocycles. The van der Waals surface area contributed by atoms with Gasteiger partial charge in [-0.15, -0.1) is 0 Å². The van der Waals surface area contributed by atoms with Crippen molar-refractivity contribution in [3.63, 3.8) is 0 Å². The van der Waals surface area contributed by atoms with Crippen molar-refractivity contribution < 1.29 is 4.79 Å². The van der Waals surface area contributed by atoms with E-state index in [9.17, 15) is 4.79 Å². The van der Waals surface area contributed by atoms with Gasteiger partial charge in [0.25, 0.3) is 5.91 Å². The first-order valence-electron chi connectivity index (χ1n) is 9.70. The number of aryl methyl sites for hydroxylation is 1. The number of carbonyl (C=O) groups is 1. The van der Waals surface area contributed by atoms with Crippen LogP contribution in [-0.2, 0) is 6.42 Å². The molecule has 28 heavy (non-hydrogen) atoms. The van der Waals surface area contributed by atoms with Crippen LogP contribution in [0, 0.1) is 0 Å². The molecule has 1 aliphatic rings. The molecule has 5 heteroatoms. The highest BCUT2D eigenvalue weighted by molar-refractivity contribution is 6.05. The SMILES string of the molecule is CC(C)c1ccc(Nc2cnc(C(=O)N3CCCc4ccccc43)cn2)cc1. The van der Waals surface area contributed by atoms with Gasteiger partial charge in [0.15, 0.2) is 0 Å². The van der Waals surface area contributed by atoms with Crippen LogP contribution < -0.4 is 10.2 Å². The summed E-state index contributed by atoms with van der Waals surface area (Å²) in [6, 6.07) is 16.3. The van der Waals surface area contributed by atoms with Crippen LogP contribution >= 0.6 is 0 Å². The lowest BCUT2D eigenvalue weighted by atomic mass is 10.0. The van der Waals surface area contributed by atoms with Crippen molar-refractivity contribution in [1.29, 1.82) is 0 Å². The Morgan fingerprint density at radius 2 is 1.82 bits per heavy atom. The van der Waals surface area contributed by atoms with E-state index in [0.717, 1.165) is 24.2 Å². The average molecular weight is 372 g/mol. The largest absolute Gasteiger partial charge is 0.339 e. The van der Waals surface area contributed by atoms with E-state index in [4.69, 9.17) is 0 Å². The van der Waals surface area contributed by atoms with Gasteiger partial charge in [-0.3, -0.25) is 4.79 Å². The molecule has 0 saturated carbocycles. The normalized spacial score (nSPS) is 13.3. The van der Waals surface area contributed by atoms with Gasteiger partial charge in [-0.1, -0.05) is 44.2 Å². The number of rotatable bonds is 4. The van der Waals surface area contributed by atoms with E-state index in [-0.39, 0.29) is 5.91 Å². The second-order valence-electron chi connectivity index (χ2n) is 7.38. The zero-order valence-corrected chi connectivity index (χ0v) is 16.2. The highest BCUT2D eigenvalue weighted by atomic mass is 16.2. The molecule has 0 spiro atoms. The molecule has 0 unspecified atom stereocenters. The summed E-state index contributed by atoms with van der Waals surface area (Å²) in [5, 5.41) is 3.23. The summed E-state index contributed by atoms with van der Waals surface area (Å²) in [6.07, 6.45) is 5.12. The maximum absolute atomic E-state index is 12.9. The number of benzene rings is 2. The van der Waals surface area contributed by atoms with Crippen LogP contribution in [0.2, 0.25) is 0 Å². The van der Waals surface area contributed by atoms with Crippen molar-refractivity contribution in [3.8, 4) is 0 Å². The zero-order valence-electron chi connectivity index (χ0n) is 16.2. The van der Waals surface area contributed by atoms with Gasteiger partial charge in [-0.05, 0) is 48.1 Å².